The Bertz CT molecular complexity index is 21.7. The van der Waals surface area contributed by atoms with E-state index in [1.165, 1.54) is 0 Å². The van der Waals surface area contributed by atoms with E-state index in [1.807, 2.05) is 0 Å². The van der Waals surface area contributed by atoms with Gasteiger partial charge in [0, 0.05) is 0 Å². The molecule has 0 aromatic rings. The Morgan fingerprint density at radius 1 is 0.727 bits per heavy atom. The zero-order valence-electron chi connectivity index (χ0n) is 5.24. The van der Waals surface area contributed by atoms with E-state index in [1.54, 1.807) is 0 Å². The van der Waals surface area contributed by atoms with Gasteiger partial charge in [-0.2, -0.15) is 0 Å². The molecule has 0 aromatic heterocycles. The molecule has 0 fully saturated rings. The predicted octanol–water partition coefficient (Wildman–Crippen LogP) is -2.91. The van der Waals surface area contributed by atoms with Crippen LogP contribution in [-0.2, 0) is 0 Å². The number of halogens is 3. The molecular weight excluding hydrogens is 237 g/mol. The first-order valence-corrected chi connectivity index (χ1v) is 2.52. The van der Waals surface area contributed by atoms with Crippen molar-refractivity contribution in [2.24, 2.45) is 0 Å². The fourth-order valence-corrected chi connectivity index (χ4v) is 0. The summed E-state index contributed by atoms with van der Waals surface area (Å²) >= 11 is 10.2. The zero-order valence-corrected chi connectivity index (χ0v) is 8.67. The molecule has 0 atom stereocenters. The van der Waals surface area contributed by atoms with E-state index in [4.69, 9.17) is 24.2 Å². The van der Waals surface area contributed by atoms with Gasteiger partial charge in [-0.25, -0.2) is 35.6 Å². The number of aliphatic hydroxyl groups excluding tert-OH is 2. The molecule has 0 saturated carbocycles. The Morgan fingerprint density at radius 2 is 0.818 bits per heavy atom. The standard InChI is InChI=1S/C2H6O2.Al.3ClO/c3-1-2-4;;3*1-2/h3-4H,1-2H2;;;;/q;+3;3*-1. The average Bonchev–Trinajstić information content (AvgIpc) is 2.14. The molecule has 0 aliphatic carbocycles. The number of hydrogen-bond donors (Lipinski definition) is 2. The van der Waals surface area contributed by atoms with Gasteiger partial charge in [0.15, 0.2) is 0 Å². The van der Waals surface area contributed by atoms with Crippen LogP contribution in [0.5, 0.6) is 0 Å². The maximum Gasteiger partial charge on any atom is 3.00 e. The third kappa shape index (κ3) is 196. The van der Waals surface area contributed by atoms with E-state index < -0.39 is 0 Å². The van der Waals surface area contributed by atoms with Crippen molar-refractivity contribution in [1.29, 1.82) is 0 Å². The third-order valence-corrected chi connectivity index (χ3v) is 0.1000. The van der Waals surface area contributed by atoms with Crippen molar-refractivity contribution in [3.63, 3.8) is 0 Å². The Morgan fingerprint density at radius 3 is 0.818 bits per heavy atom. The first-order valence-electron chi connectivity index (χ1n) is 1.60. The summed E-state index contributed by atoms with van der Waals surface area (Å²) in [4.78, 5) is 0. The van der Waals surface area contributed by atoms with Crippen LogP contribution in [0, 0.1) is 0 Å². The molecule has 2 N–H and O–H groups in total. The van der Waals surface area contributed by atoms with Crippen molar-refractivity contribution in [2.75, 3.05) is 13.2 Å². The molecule has 68 valence electrons. The molecule has 9 heteroatoms. The van der Waals surface area contributed by atoms with Crippen LogP contribution in [0.25, 0.3) is 0 Å². The van der Waals surface area contributed by atoms with Crippen LogP contribution in [0.2, 0.25) is 0 Å². The molecule has 0 saturated heterocycles. The van der Waals surface area contributed by atoms with Crippen LogP contribution < -0.4 is 14.0 Å². The minimum absolute atomic E-state index is 0. The second kappa shape index (κ2) is 114. The molecular formula is C2H6AlCl3O5. The van der Waals surface area contributed by atoms with Crippen LogP contribution in [0.1, 0.15) is 0 Å². The van der Waals surface area contributed by atoms with Gasteiger partial charge >= 0.3 is 17.4 Å². The smallest absolute Gasteiger partial charge is 0.769 e. The topological polar surface area (TPSA) is 110 Å². The second-order valence-corrected chi connectivity index (χ2v) is 0.447. The Balaban J connectivity index is -0.0000000152. The van der Waals surface area contributed by atoms with Gasteiger partial charge < -0.3 is 24.2 Å². The summed E-state index contributed by atoms with van der Waals surface area (Å²) in [6.45, 7) is -0.250. The van der Waals surface area contributed by atoms with Crippen molar-refractivity contribution in [2.45, 2.75) is 0 Å². The fraction of sp³-hybridized carbons (Fsp3) is 1.00. The molecule has 0 radical (unpaired) electrons. The Kier molecular flexibility index (Phi) is 305. The quantitative estimate of drug-likeness (QED) is 0.480. The molecule has 0 aliphatic heterocycles. The molecule has 0 amide bonds. The van der Waals surface area contributed by atoms with Crippen molar-refractivity contribution in [3.8, 4) is 0 Å². The van der Waals surface area contributed by atoms with E-state index >= 15 is 0 Å². The Labute approximate surface area is 90.4 Å². The first kappa shape index (κ1) is 29.5. The van der Waals surface area contributed by atoms with Gasteiger partial charge in [-0.3, -0.25) is 0 Å². The van der Waals surface area contributed by atoms with Crippen LogP contribution in [0.3, 0.4) is 0 Å². The molecule has 0 heterocycles. The molecule has 0 unspecified atom stereocenters. The SMILES string of the molecule is OCCO.[Al+3].[O-]Cl.[O-]Cl.[O-]Cl. The van der Waals surface area contributed by atoms with Gasteiger partial charge in [-0.15, -0.1) is 0 Å². The van der Waals surface area contributed by atoms with Gasteiger partial charge in [0.1, 0.15) is 0 Å². The Hall–Kier alpha value is 1.20. The summed E-state index contributed by atoms with van der Waals surface area (Å²) in [6.07, 6.45) is 0. The van der Waals surface area contributed by atoms with Crippen LogP contribution in [0.15, 0.2) is 0 Å². The second-order valence-electron chi connectivity index (χ2n) is 0.447. The molecule has 11 heavy (non-hydrogen) atoms. The molecule has 0 aromatic carbocycles. The van der Waals surface area contributed by atoms with Gasteiger partial charge in [0.05, 0.1) is 13.2 Å². The summed E-state index contributed by atoms with van der Waals surface area (Å²) in [5.74, 6) is 0. The molecule has 0 aliphatic rings. The summed E-state index contributed by atoms with van der Waals surface area (Å²) < 4.78 is 23.2. The molecule has 0 spiro atoms. The third-order valence-electron chi connectivity index (χ3n) is 0.1000. The van der Waals surface area contributed by atoms with Crippen molar-refractivity contribution in [1.82, 2.24) is 0 Å². The van der Waals surface area contributed by atoms with Gasteiger partial charge in [0.2, 0.25) is 0 Å². The largest absolute Gasteiger partial charge is 3.00 e. The van der Waals surface area contributed by atoms with E-state index in [9.17, 15) is 0 Å². The van der Waals surface area contributed by atoms with Crippen LogP contribution in [-0.4, -0.2) is 40.8 Å². The van der Waals surface area contributed by atoms with Crippen LogP contribution in [0.4, 0.5) is 0 Å². The fourth-order valence-electron chi connectivity index (χ4n) is 0. The van der Waals surface area contributed by atoms with Gasteiger partial charge in [-0.1, -0.05) is 0 Å². The summed E-state index contributed by atoms with van der Waals surface area (Å²) in [5, 5.41) is 15.2. The summed E-state index contributed by atoms with van der Waals surface area (Å²) in [5.41, 5.74) is 0. The number of hydrogen-bond acceptors (Lipinski definition) is 5. The maximum absolute atomic E-state index is 7.72. The van der Waals surface area contributed by atoms with Gasteiger partial charge in [0.25, 0.3) is 0 Å². The van der Waals surface area contributed by atoms with E-state index in [2.05, 4.69) is 35.6 Å². The minimum atomic E-state index is -0.125. The monoisotopic (exact) mass is 242 g/mol. The van der Waals surface area contributed by atoms with Crippen molar-refractivity contribution >= 4 is 53.0 Å². The predicted molar refractivity (Wildman–Crippen MR) is 37.5 cm³/mol. The molecule has 0 bridgehead atoms. The molecule has 5 nitrogen and oxygen atoms in total. The first-order chi connectivity index (χ1) is 4.91. The van der Waals surface area contributed by atoms with Crippen molar-refractivity contribution < 1.29 is 24.2 Å². The van der Waals surface area contributed by atoms with Crippen LogP contribution >= 0.6 is 35.6 Å². The average molecular weight is 243 g/mol. The van der Waals surface area contributed by atoms with E-state index in [0.29, 0.717) is 0 Å². The molecule has 0 rings (SSSR count). The van der Waals surface area contributed by atoms with E-state index in [-0.39, 0.29) is 30.6 Å². The van der Waals surface area contributed by atoms with Gasteiger partial charge in [-0.05, 0) is 0 Å². The number of aliphatic hydroxyl groups is 2. The zero-order chi connectivity index (χ0) is 9.41. The normalized spacial score (nSPS) is 4.36. The maximum atomic E-state index is 7.72. The van der Waals surface area contributed by atoms with Crippen molar-refractivity contribution in [3.05, 3.63) is 0 Å². The number of rotatable bonds is 1. The summed E-state index contributed by atoms with van der Waals surface area (Å²) in [7, 11) is 0. The van der Waals surface area contributed by atoms with E-state index in [0.717, 1.165) is 0 Å². The minimum Gasteiger partial charge on any atom is -0.769 e. The summed E-state index contributed by atoms with van der Waals surface area (Å²) in [6, 6.07) is 0.